The van der Waals surface area contributed by atoms with Crippen molar-refractivity contribution in [3.63, 3.8) is 0 Å². The number of imidazole rings is 1. The SMILES string of the molecule is Nc1nc2c(ncn2[C@@H]2O[C@H](C(=O)OP(=O)(O)O)[C@@H](O)[C@H]2O)c(=O)[nH]1. The van der Waals surface area contributed by atoms with Gasteiger partial charge >= 0.3 is 13.8 Å². The number of aromatic nitrogens is 4. The molecule has 2 aromatic rings. The first-order valence-corrected chi connectivity index (χ1v) is 8.14. The highest BCUT2D eigenvalue weighted by atomic mass is 31.2. The molecule has 0 saturated carbocycles. The highest BCUT2D eigenvalue weighted by Crippen LogP contribution is 2.39. The molecule has 0 spiro atoms. The van der Waals surface area contributed by atoms with Gasteiger partial charge in [0, 0.05) is 0 Å². The number of hydrogen-bond acceptors (Lipinski definition) is 10. The number of H-pyrrole nitrogens is 1. The van der Waals surface area contributed by atoms with Gasteiger partial charge in [-0.2, -0.15) is 4.98 Å². The average Bonchev–Trinajstić information content (AvgIpc) is 3.00. The number of nitrogens with one attached hydrogen (secondary N) is 1. The summed E-state index contributed by atoms with van der Waals surface area (Å²) in [6, 6.07) is 0. The molecule has 0 aliphatic carbocycles. The Morgan fingerprint density at radius 1 is 1.40 bits per heavy atom. The maximum Gasteiger partial charge on any atom is 0.527 e. The lowest BCUT2D eigenvalue weighted by Gasteiger charge is -2.16. The minimum atomic E-state index is -5.17. The monoisotopic (exact) mass is 377 g/mol. The van der Waals surface area contributed by atoms with Crippen LogP contribution in [0.25, 0.3) is 11.2 Å². The summed E-state index contributed by atoms with van der Waals surface area (Å²) < 4.78 is 20.7. The fourth-order valence-corrected chi connectivity index (χ4v) is 2.72. The summed E-state index contributed by atoms with van der Waals surface area (Å²) in [6.45, 7) is 0. The van der Waals surface area contributed by atoms with Crippen molar-refractivity contribution in [3.8, 4) is 0 Å². The Morgan fingerprint density at radius 2 is 2.08 bits per heavy atom. The van der Waals surface area contributed by atoms with E-state index in [0.717, 1.165) is 10.9 Å². The lowest BCUT2D eigenvalue weighted by molar-refractivity contribution is -0.153. The summed E-state index contributed by atoms with van der Waals surface area (Å²) in [7, 11) is -5.17. The van der Waals surface area contributed by atoms with Crippen LogP contribution in [-0.4, -0.2) is 63.8 Å². The molecule has 136 valence electrons. The molecule has 0 amide bonds. The third-order valence-electron chi connectivity index (χ3n) is 3.40. The van der Waals surface area contributed by atoms with Gasteiger partial charge in [0.25, 0.3) is 5.56 Å². The molecule has 0 unspecified atom stereocenters. The summed E-state index contributed by atoms with van der Waals surface area (Å²) >= 11 is 0. The van der Waals surface area contributed by atoms with E-state index in [1.807, 2.05) is 0 Å². The second-order valence-electron chi connectivity index (χ2n) is 5.10. The van der Waals surface area contributed by atoms with Crippen molar-refractivity contribution in [2.24, 2.45) is 0 Å². The summed E-state index contributed by atoms with van der Waals surface area (Å²) in [5.41, 5.74) is 4.54. The van der Waals surface area contributed by atoms with Gasteiger partial charge in [-0.05, 0) is 0 Å². The van der Waals surface area contributed by atoms with Crippen LogP contribution in [0.3, 0.4) is 0 Å². The van der Waals surface area contributed by atoms with Crippen LogP contribution in [-0.2, 0) is 18.6 Å². The van der Waals surface area contributed by atoms with E-state index < -0.39 is 43.9 Å². The van der Waals surface area contributed by atoms with Crippen LogP contribution < -0.4 is 11.3 Å². The van der Waals surface area contributed by atoms with Gasteiger partial charge in [-0.3, -0.25) is 24.1 Å². The highest BCUT2D eigenvalue weighted by molar-refractivity contribution is 7.46. The van der Waals surface area contributed by atoms with Crippen molar-refractivity contribution in [3.05, 3.63) is 16.7 Å². The maximum absolute atomic E-state index is 11.7. The normalized spacial score (nSPS) is 26.9. The molecule has 7 N–H and O–H groups in total. The van der Waals surface area contributed by atoms with Crippen molar-refractivity contribution in [2.75, 3.05) is 5.73 Å². The number of anilines is 1. The van der Waals surface area contributed by atoms with Crippen LogP contribution in [0.15, 0.2) is 11.1 Å². The van der Waals surface area contributed by atoms with Gasteiger partial charge in [-0.25, -0.2) is 14.3 Å². The first-order chi connectivity index (χ1) is 11.6. The van der Waals surface area contributed by atoms with Crippen LogP contribution in [0, 0.1) is 0 Å². The number of aliphatic hydroxyl groups excluding tert-OH is 2. The number of nitrogens with zero attached hydrogens (tertiary/aromatic N) is 3. The molecule has 25 heavy (non-hydrogen) atoms. The zero-order valence-electron chi connectivity index (χ0n) is 12.1. The van der Waals surface area contributed by atoms with Crippen LogP contribution in [0.5, 0.6) is 0 Å². The number of nitrogens with two attached hydrogens (primary N) is 1. The van der Waals surface area contributed by atoms with Crippen molar-refractivity contribution in [2.45, 2.75) is 24.5 Å². The van der Waals surface area contributed by atoms with E-state index in [-0.39, 0.29) is 17.1 Å². The van der Waals surface area contributed by atoms with E-state index in [1.165, 1.54) is 0 Å². The summed E-state index contributed by atoms with van der Waals surface area (Å²) in [6.07, 6.45) is -5.84. The zero-order valence-corrected chi connectivity index (χ0v) is 13.0. The molecule has 2 aromatic heterocycles. The van der Waals surface area contributed by atoms with Crippen molar-refractivity contribution in [1.29, 1.82) is 0 Å². The molecule has 3 heterocycles. The molecule has 1 aliphatic heterocycles. The molecule has 1 fully saturated rings. The number of phosphoric ester groups is 1. The van der Waals surface area contributed by atoms with Crippen LogP contribution in [0.2, 0.25) is 0 Å². The molecular weight excluding hydrogens is 365 g/mol. The number of carbonyl (C=O) groups excluding carboxylic acids is 1. The largest absolute Gasteiger partial charge is 0.527 e. The Balaban J connectivity index is 1.95. The van der Waals surface area contributed by atoms with Gasteiger partial charge in [-0.1, -0.05) is 0 Å². The summed E-state index contributed by atoms with van der Waals surface area (Å²) in [5.74, 6) is -1.82. The standard InChI is InChI=1S/C10H12N5O9P/c11-10-13-6-2(7(18)14-10)12-1-15(6)8-4(17)3(16)5(23-8)9(19)24-25(20,21)22/h1,3-5,8,16-17H,(H2,20,21,22)(H3,11,13,14,18)/t3-,4+,5-,8+/m0/s1. The number of ether oxygens (including phenoxy) is 1. The highest BCUT2D eigenvalue weighted by Gasteiger charge is 2.49. The molecule has 1 saturated heterocycles. The second kappa shape index (κ2) is 5.87. The third kappa shape index (κ3) is 3.13. The lowest BCUT2D eigenvalue weighted by Crippen LogP contribution is -2.36. The molecule has 1 aliphatic rings. The number of aromatic amines is 1. The first-order valence-electron chi connectivity index (χ1n) is 6.61. The topological polar surface area (TPSA) is 223 Å². The Labute approximate surface area is 137 Å². The number of phosphoric acid groups is 1. The number of hydrogen-bond donors (Lipinski definition) is 6. The molecule has 3 rings (SSSR count). The Kier molecular flexibility index (Phi) is 4.10. The van der Waals surface area contributed by atoms with Crippen molar-refractivity contribution in [1.82, 2.24) is 19.5 Å². The van der Waals surface area contributed by atoms with Crippen molar-refractivity contribution < 1.29 is 38.6 Å². The van der Waals surface area contributed by atoms with E-state index in [1.54, 1.807) is 0 Å². The molecule has 0 aromatic carbocycles. The van der Waals surface area contributed by atoms with Crippen molar-refractivity contribution >= 4 is 30.9 Å². The summed E-state index contributed by atoms with van der Waals surface area (Å²) in [4.78, 5) is 50.5. The van der Waals surface area contributed by atoms with Crippen LogP contribution in [0.1, 0.15) is 6.23 Å². The third-order valence-corrected chi connectivity index (χ3v) is 3.82. The number of rotatable bonds is 3. The Bertz CT molecular complexity index is 934. The smallest absolute Gasteiger partial charge is 0.387 e. The Hall–Kier alpha value is -2.35. The van der Waals surface area contributed by atoms with Gasteiger partial charge in [0.2, 0.25) is 5.95 Å². The minimum Gasteiger partial charge on any atom is -0.387 e. The summed E-state index contributed by atoms with van der Waals surface area (Å²) in [5, 5.41) is 20.0. The predicted molar refractivity (Wildman–Crippen MR) is 76.6 cm³/mol. The van der Waals surface area contributed by atoms with Gasteiger partial charge in [0.15, 0.2) is 23.5 Å². The fourth-order valence-electron chi connectivity index (χ4n) is 2.38. The van der Waals surface area contributed by atoms with Crippen LogP contribution >= 0.6 is 7.82 Å². The van der Waals surface area contributed by atoms with Gasteiger partial charge in [-0.15, -0.1) is 0 Å². The molecular formula is C10H12N5O9P. The second-order valence-corrected chi connectivity index (χ2v) is 6.27. The van der Waals surface area contributed by atoms with Gasteiger partial charge in [0.05, 0.1) is 6.33 Å². The van der Waals surface area contributed by atoms with E-state index in [2.05, 4.69) is 19.5 Å². The molecule has 0 bridgehead atoms. The lowest BCUT2D eigenvalue weighted by atomic mass is 10.1. The van der Waals surface area contributed by atoms with Crippen LogP contribution in [0.4, 0.5) is 5.95 Å². The fraction of sp³-hybridized carbons (Fsp3) is 0.400. The first kappa shape index (κ1) is 17.5. The molecule has 14 nitrogen and oxygen atoms in total. The number of aliphatic hydroxyl groups is 2. The van der Waals surface area contributed by atoms with E-state index in [4.69, 9.17) is 20.3 Å². The molecule has 15 heteroatoms. The van der Waals surface area contributed by atoms with E-state index in [9.17, 15) is 24.4 Å². The zero-order chi connectivity index (χ0) is 18.5. The predicted octanol–water partition coefficient (Wildman–Crippen LogP) is -3.04. The number of nitrogen functional groups attached to an aromatic ring is 1. The number of fused-ring (bicyclic) bond motifs is 1. The molecule has 0 radical (unpaired) electrons. The Morgan fingerprint density at radius 3 is 2.72 bits per heavy atom. The van der Waals surface area contributed by atoms with E-state index >= 15 is 0 Å². The van der Waals surface area contributed by atoms with E-state index in [0.29, 0.717) is 0 Å². The minimum absolute atomic E-state index is 0.0958. The van der Waals surface area contributed by atoms with Gasteiger partial charge in [0.1, 0.15) is 12.2 Å². The maximum atomic E-state index is 11.7. The molecule has 4 atom stereocenters. The van der Waals surface area contributed by atoms with Gasteiger partial charge < -0.3 is 25.2 Å². The quantitative estimate of drug-likeness (QED) is 0.294. The average molecular weight is 377 g/mol. The number of carbonyl (C=O) groups is 1.